The first-order chi connectivity index (χ1) is 15.9. The molecule has 2 heterocycles. The summed E-state index contributed by atoms with van der Waals surface area (Å²) in [4.78, 5) is 4.95. The lowest BCUT2D eigenvalue weighted by atomic mass is 10.1. The van der Waals surface area contributed by atoms with Gasteiger partial charge in [0.05, 0.1) is 10.4 Å². The highest BCUT2D eigenvalue weighted by Gasteiger charge is 2.30. The average Bonchev–Trinajstić information content (AvgIpc) is 3.22. The number of anilines is 1. The van der Waals surface area contributed by atoms with Crippen LogP contribution in [-0.4, -0.2) is 28.2 Å². The van der Waals surface area contributed by atoms with Crippen molar-refractivity contribution in [1.29, 1.82) is 0 Å². The molecule has 0 spiro atoms. The predicted molar refractivity (Wildman–Crippen MR) is 128 cm³/mol. The maximum Gasteiger partial charge on any atom is 0.230 e. The lowest BCUT2D eigenvalue weighted by Crippen LogP contribution is -2.10. The van der Waals surface area contributed by atoms with Crippen molar-refractivity contribution in [2.45, 2.75) is 37.2 Å². The van der Waals surface area contributed by atoms with E-state index in [1.54, 1.807) is 13.8 Å². The predicted octanol–water partition coefficient (Wildman–Crippen LogP) is 4.65. The fourth-order valence-corrected chi connectivity index (χ4v) is 6.00. The molecule has 0 amide bonds. The molecule has 5 rings (SSSR count). The average molecular weight is 458 g/mol. The number of nitrogens with zero attached hydrogens (tertiary/aromatic N) is 4. The van der Waals surface area contributed by atoms with Crippen molar-refractivity contribution in [3.05, 3.63) is 89.0 Å². The van der Waals surface area contributed by atoms with E-state index in [1.165, 1.54) is 4.52 Å². The van der Waals surface area contributed by atoms with Crippen LogP contribution < -0.4 is 5.32 Å². The van der Waals surface area contributed by atoms with Crippen molar-refractivity contribution < 1.29 is 8.42 Å². The smallest absolute Gasteiger partial charge is 0.230 e. The van der Waals surface area contributed by atoms with Crippen LogP contribution in [0, 0.1) is 20.8 Å². The summed E-state index contributed by atoms with van der Waals surface area (Å²) < 4.78 is 28.9. The maximum atomic E-state index is 13.7. The minimum absolute atomic E-state index is 0.147. The van der Waals surface area contributed by atoms with Gasteiger partial charge in [-0.1, -0.05) is 65.4 Å². The Bertz CT molecular complexity index is 1590. The van der Waals surface area contributed by atoms with Crippen molar-refractivity contribution in [3.8, 4) is 0 Å². The lowest BCUT2D eigenvalue weighted by Gasteiger charge is -2.12. The van der Waals surface area contributed by atoms with Crippen LogP contribution in [0.5, 0.6) is 0 Å². The van der Waals surface area contributed by atoms with Crippen LogP contribution in [0.4, 0.5) is 5.82 Å². The normalized spacial score (nSPS) is 11.8. The first-order valence-electron chi connectivity index (χ1n) is 10.6. The van der Waals surface area contributed by atoms with Gasteiger partial charge in [0.15, 0.2) is 5.65 Å². The van der Waals surface area contributed by atoms with E-state index < -0.39 is 9.84 Å². The fraction of sp³-hybridized carbons (Fsp3) is 0.160. The van der Waals surface area contributed by atoms with Gasteiger partial charge in [-0.05, 0) is 49.6 Å². The molecule has 0 fully saturated rings. The largest absolute Gasteiger partial charge is 0.365 e. The molecule has 2 aromatic heterocycles. The Labute approximate surface area is 192 Å². The summed E-state index contributed by atoms with van der Waals surface area (Å²) in [6.45, 7) is 6.10. The molecule has 7 nitrogen and oxygen atoms in total. The summed E-state index contributed by atoms with van der Waals surface area (Å²) in [7, 11) is -3.94. The number of fused-ring (bicyclic) bond motifs is 3. The van der Waals surface area contributed by atoms with Crippen molar-refractivity contribution in [2.75, 3.05) is 5.32 Å². The van der Waals surface area contributed by atoms with E-state index in [9.17, 15) is 8.42 Å². The van der Waals surface area contributed by atoms with Crippen molar-refractivity contribution in [2.24, 2.45) is 0 Å². The number of para-hydroxylation sites is 1. The third kappa shape index (κ3) is 3.62. The van der Waals surface area contributed by atoms with E-state index in [4.69, 9.17) is 4.98 Å². The second-order valence-corrected chi connectivity index (χ2v) is 9.98. The maximum absolute atomic E-state index is 13.7. The monoisotopic (exact) mass is 457 g/mol. The van der Waals surface area contributed by atoms with Crippen molar-refractivity contribution >= 4 is 32.2 Å². The molecule has 0 atom stereocenters. The molecule has 0 saturated carbocycles. The molecule has 1 N–H and O–H groups in total. The zero-order valence-electron chi connectivity index (χ0n) is 18.6. The van der Waals surface area contributed by atoms with Crippen molar-refractivity contribution in [1.82, 2.24) is 19.8 Å². The highest BCUT2D eigenvalue weighted by molar-refractivity contribution is 7.91. The van der Waals surface area contributed by atoms with E-state index >= 15 is 0 Å². The van der Waals surface area contributed by atoms with Gasteiger partial charge in [0.25, 0.3) is 0 Å². The van der Waals surface area contributed by atoms with Crippen LogP contribution in [0.15, 0.2) is 76.7 Å². The van der Waals surface area contributed by atoms with Gasteiger partial charge in [-0.25, -0.2) is 13.4 Å². The van der Waals surface area contributed by atoms with Gasteiger partial charge in [0, 0.05) is 11.9 Å². The number of aryl methyl sites for hydroxylation is 3. The summed E-state index contributed by atoms with van der Waals surface area (Å²) >= 11 is 0. The molecule has 3 aromatic carbocycles. The van der Waals surface area contributed by atoms with Crippen molar-refractivity contribution in [3.63, 3.8) is 0 Å². The van der Waals surface area contributed by atoms with Gasteiger partial charge < -0.3 is 5.32 Å². The van der Waals surface area contributed by atoms with E-state index in [-0.39, 0.29) is 15.6 Å². The zero-order valence-corrected chi connectivity index (χ0v) is 19.4. The Morgan fingerprint density at radius 2 is 1.58 bits per heavy atom. The Morgan fingerprint density at radius 1 is 0.909 bits per heavy atom. The number of hydrogen-bond acceptors (Lipinski definition) is 6. The van der Waals surface area contributed by atoms with Crippen LogP contribution in [-0.2, 0) is 16.4 Å². The summed E-state index contributed by atoms with van der Waals surface area (Å²) in [5, 5.41) is 12.3. The number of aromatic nitrogens is 4. The number of rotatable bonds is 5. The number of nitrogens with one attached hydrogen (secondary N) is 1. The first kappa shape index (κ1) is 21.1. The van der Waals surface area contributed by atoms with Crippen LogP contribution in [0.2, 0.25) is 0 Å². The molecule has 5 aromatic rings. The van der Waals surface area contributed by atoms with E-state index in [1.807, 2.05) is 73.7 Å². The molecule has 33 heavy (non-hydrogen) atoms. The molecule has 166 valence electrons. The molecule has 8 heteroatoms. The van der Waals surface area contributed by atoms with E-state index in [2.05, 4.69) is 15.6 Å². The van der Waals surface area contributed by atoms with Crippen LogP contribution >= 0.6 is 0 Å². The zero-order chi connectivity index (χ0) is 23.2. The molecule has 0 bridgehead atoms. The van der Waals surface area contributed by atoms with Gasteiger partial charge in [0.2, 0.25) is 14.9 Å². The van der Waals surface area contributed by atoms with E-state index in [0.29, 0.717) is 23.5 Å². The lowest BCUT2D eigenvalue weighted by molar-refractivity contribution is 0.591. The summed E-state index contributed by atoms with van der Waals surface area (Å²) in [6.07, 6.45) is 0. The van der Waals surface area contributed by atoms with Crippen LogP contribution in [0.3, 0.4) is 0 Å². The van der Waals surface area contributed by atoms with Crippen LogP contribution in [0.1, 0.15) is 22.3 Å². The number of sulfone groups is 1. The molecule has 0 aliphatic rings. The second-order valence-electron chi connectivity index (χ2n) is 8.18. The van der Waals surface area contributed by atoms with Crippen LogP contribution in [0.25, 0.3) is 16.6 Å². The van der Waals surface area contributed by atoms with Gasteiger partial charge in [0.1, 0.15) is 5.82 Å². The molecule has 0 aliphatic carbocycles. The third-order valence-corrected chi connectivity index (χ3v) is 7.61. The second kappa shape index (κ2) is 7.97. The molecule has 0 radical (unpaired) electrons. The summed E-state index contributed by atoms with van der Waals surface area (Å²) in [5.74, 6) is 0.582. The third-order valence-electron chi connectivity index (χ3n) is 5.65. The van der Waals surface area contributed by atoms with Gasteiger partial charge in [-0.3, -0.25) is 0 Å². The SMILES string of the molecule is Cc1cc(C)c(S(=O)(=O)c2nnn3c2nc(NCc2ccccc2)c2ccccc23)c(C)c1. The Morgan fingerprint density at radius 3 is 2.30 bits per heavy atom. The van der Waals surface area contributed by atoms with E-state index in [0.717, 1.165) is 22.0 Å². The number of hydrogen-bond donors (Lipinski definition) is 1. The molecular formula is C25H23N5O2S. The summed E-state index contributed by atoms with van der Waals surface area (Å²) in [5.41, 5.74) is 4.38. The van der Waals surface area contributed by atoms with Gasteiger partial charge in [-0.15, -0.1) is 5.10 Å². The standard InChI is InChI=1S/C25H23N5O2S/c1-16-13-17(2)22(18(3)14-16)33(31,32)25-24-27-23(26-15-19-9-5-4-6-10-19)20-11-7-8-12-21(20)30(24)29-28-25/h4-14H,15H2,1-3H3,(H,26,27). The Balaban J connectivity index is 1.70. The fourth-order valence-electron chi connectivity index (χ4n) is 4.32. The van der Waals surface area contributed by atoms with Gasteiger partial charge >= 0.3 is 0 Å². The minimum atomic E-state index is -3.94. The molecule has 0 unspecified atom stereocenters. The molecular weight excluding hydrogens is 434 g/mol. The minimum Gasteiger partial charge on any atom is -0.365 e. The Hall–Kier alpha value is -3.78. The topological polar surface area (TPSA) is 89.2 Å². The summed E-state index contributed by atoms with van der Waals surface area (Å²) in [6, 6.07) is 21.3. The molecule has 0 saturated heterocycles. The first-order valence-corrected chi connectivity index (χ1v) is 12.1. The highest BCUT2D eigenvalue weighted by atomic mass is 32.2. The Kier molecular flexibility index (Phi) is 5.09. The quantitative estimate of drug-likeness (QED) is 0.413. The number of benzene rings is 3. The highest BCUT2D eigenvalue weighted by Crippen LogP contribution is 2.31. The molecule has 0 aliphatic heterocycles. The van der Waals surface area contributed by atoms with Gasteiger partial charge in [-0.2, -0.15) is 4.52 Å².